The van der Waals surface area contributed by atoms with Gasteiger partial charge in [0.15, 0.2) is 23.2 Å². The summed E-state index contributed by atoms with van der Waals surface area (Å²) < 4.78 is 10.1. The summed E-state index contributed by atoms with van der Waals surface area (Å²) >= 11 is 4.95. The molecule has 10 rings (SSSR count). The molecule has 4 fully saturated rings. The number of Topliss-reactive ketones (excluding diaryl/α,β-unsaturated/α-hetero) is 2. The number of hydrogen-bond donors (Lipinski definition) is 1. The molecule has 2 atom stereocenters. The van der Waals surface area contributed by atoms with Gasteiger partial charge in [-0.25, -0.2) is 19.6 Å². The molecule has 2 saturated carbocycles. The Hall–Kier alpha value is -5.49. The van der Waals surface area contributed by atoms with Crippen molar-refractivity contribution in [2.45, 2.75) is 63.5 Å². The zero-order valence-corrected chi connectivity index (χ0v) is 31.2. The molecule has 6 aliphatic rings. The van der Waals surface area contributed by atoms with Crippen LogP contribution >= 0.6 is 11.6 Å². The SMILES string of the molecule is O=C(CC1CC1)c1ccc2c(n1)N(C(=O)Oc1ccccc1)[C@H]1CCN2C1.O=C(CC1CC1)c1ccc2c(n1)N[C@H]1CCN2C1.O=C(Cl)Oc1ccccc1. The number of para-hydroxylation sites is 2. The van der Waals surface area contributed by atoms with Crippen molar-refractivity contribution in [3.8, 4) is 11.5 Å². The molecular formula is C42H43ClN6O6. The fourth-order valence-electron chi connectivity index (χ4n) is 7.46. The fraction of sp³-hybridized carbons (Fsp3) is 0.381. The molecule has 6 heterocycles. The number of pyridine rings is 2. The van der Waals surface area contributed by atoms with Gasteiger partial charge in [0, 0.05) is 56.7 Å². The highest BCUT2D eigenvalue weighted by Crippen LogP contribution is 2.40. The molecule has 0 radical (unpaired) electrons. The quantitative estimate of drug-likeness (QED) is 0.138. The Balaban J connectivity index is 0.000000131. The first kappa shape index (κ1) is 36.5. The lowest BCUT2D eigenvalue weighted by Gasteiger charge is -2.35. The van der Waals surface area contributed by atoms with Crippen molar-refractivity contribution in [1.29, 1.82) is 0 Å². The highest BCUT2D eigenvalue weighted by atomic mass is 35.5. The van der Waals surface area contributed by atoms with E-state index in [9.17, 15) is 19.2 Å². The van der Waals surface area contributed by atoms with Gasteiger partial charge in [-0.15, -0.1) is 0 Å². The highest BCUT2D eigenvalue weighted by Gasteiger charge is 2.42. The van der Waals surface area contributed by atoms with Crippen LogP contribution < -0.4 is 29.5 Å². The number of hydrogen-bond acceptors (Lipinski definition) is 11. The molecule has 13 heteroatoms. The Bertz CT molecular complexity index is 2060. The molecule has 55 heavy (non-hydrogen) atoms. The molecule has 1 amide bonds. The lowest BCUT2D eigenvalue weighted by Crippen LogP contribution is -2.47. The molecule has 2 saturated heterocycles. The number of amides is 1. The molecule has 4 aliphatic heterocycles. The van der Waals surface area contributed by atoms with Gasteiger partial charge in [-0.05, 0) is 98.9 Å². The second-order valence-electron chi connectivity index (χ2n) is 14.9. The standard InChI is InChI=1S/C21H21N3O3.C14H17N3O.C7H5ClO2/c25-19(12-14-6-7-14)17-8-9-18-20(22-17)24(15-10-11-23(18)13-15)21(26)27-16-4-2-1-3-5-16;18-13(7-9-1-2-9)11-3-4-12-14(16-11)15-10-5-6-17(12)8-10;8-7(9)10-6-4-2-1-3-5-6/h1-5,8-9,14-15H,6-7,10-13H2;3-4,9-10H,1-2,5-8H2,(H,15,16);1-5H/t15-;10-;/m00./s1. The van der Waals surface area contributed by atoms with Crippen molar-refractivity contribution >= 4 is 57.7 Å². The number of ether oxygens (including phenoxy) is 2. The van der Waals surface area contributed by atoms with Gasteiger partial charge in [0.2, 0.25) is 0 Å². The Labute approximate surface area is 324 Å². The molecule has 0 spiro atoms. The molecule has 1 N–H and O–H groups in total. The van der Waals surface area contributed by atoms with Gasteiger partial charge in [-0.1, -0.05) is 36.4 Å². The molecular weight excluding hydrogens is 720 g/mol. The minimum absolute atomic E-state index is 0.0231. The van der Waals surface area contributed by atoms with Crippen molar-refractivity contribution in [2.24, 2.45) is 11.8 Å². The van der Waals surface area contributed by atoms with Crippen LogP contribution in [0.4, 0.5) is 32.6 Å². The average Bonchev–Trinajstić information content (AvgIpc) is 4.12. The number of rotatable bonds is 8. The number of nitrogens with zero attached hydrogens (tertiary/aromatic N) is 5. The summed E-state index contributed by atoms with van der Waals surface area (Å²) in [5.41, 5.74) is 2.32. The topological polar surface area (TPSA) is 134 Å². The van der Waals surface area contributed by atoms with Gasteiger partial charge in [0.1, 0.15) is 22.9 Å². The molecule has 4 bridgehead atoms. The van der Waals surface area contributed by atoms with E-state index in [4.69, 9.17) is 16.3 Å². The largest absolute Gasteiger partial charge is 0.421 e. The van der Waals surface area contributed by atoms with Crippen LogP contribution in [-0.4, -0.2) is 71.3 Å². The van der Waals surface area contributed by atoms with Crippen LogP contribution in [0.1, 0.15) is 72.3 Å². The number of ketones is 2. The zero-order valence-electron chi connectivity index (χ0n) is 30.4. The number of anilines is 4. The summed E-state index contributed by atoms with van der Waals surface area (Å²) in [6, 6.07) is 25.9. The summed E-state index contributed by atoms with van der Waals surface area (Å²) in [5.74, 6) is 3.82. The monoisotopic (exact) mass is 762 g/mol. The molecule has 2 aliphatic carbocycles. The third-order valence-corrected chi connectivity index (χ3v) is 10.8. The predicted molar refractivity (Wildman–Crippen MR) is 210 cm³/mol. The minimum atomic E-state index is -0.814. The fourth-order valence-corrected chi connectivity index (χ4v) is 7.55. The number of halogens is 1. The van der Waals surface area contributed by atoms with Crippen LogP contribution in [0.15, 0.2) is 84.9 Å². The van der Waals surface area contributed by atoms with Gasteiger partial charge >= 0.3 is 11.5 Å². The van der Waals surface area contributed by atoms with Gasteiger partial charge in [-0.3, -0.25) is 14.5 Å². The summed E-state index contributed by atoms with van der Waals surface area (Å²) in [4.78, 5) is 63.1. The number of fused-ring (bicyclic) bond motifs is 8. The Morgan fingerprint density at radius 1 is 0.655 bits per heavy atom. The number of nitrogens with one attached hydrogen (secondary N) is 1. The summed E-state index contributed by atoms with van der Waals surface area (Å²) in [7, 11) is 0. The van der Waals surface area contributed by atoms with Crippen LogP contribution in [0.3, 0.4) is 0 Å². The summed E-state index contributed by atoms with van der Waals surface area (Å²) in [6.07, 6.45) is 7.51. The Morgan fingerprint density at radius 2 is 1.22 bits per heavy atom. The van der Waals surface area contributed by atoms with Gasteiger partial charge < -0.3 is 24.6 Å². The van der Waals surface area contributed by atoms with Crippen molar-refractivity contribution in [1.82, 2.24) is 9.97 Å². The number of benzene rings is 2. The van der Waals surface area contributed by atoms with Gasteiger partial charge in [-0.2, -0.15) is 0 Å². The second-order valence-corrected chi connectivity index (χ2v) is 15.2. The van der Waals surface area contributed by atoms with E-state index in [1.165, 1.54) is 19.3 Å². The van der Waals surface area contributed by atoms with Crippen molar-refractivity contribution in [2.75, 3.05) is 46.2 Å². The van der Waals surface area contributed by atoms with E-state index in [2.05, 4.69) is 35.9 Å². The molecule has 0 unspecified atom stereocenters. The van der Waals surface area contributed by atoms with E-state index in [1.54, 1.807) is 47.4 Å². The highest BCUT2D eigenvalue weighted by molar-refractivity contribution is 6.61. The van der Waals surface area contributed by atoms with E-state index < -0.39 is 11.5 Å². The van der Waals surface area contributed by atoms with Crippen molar-refractivity contribution in [3.05, 3.63) is 96.3 Å². The molecule has 12 nitrogen and oxygen atoms in total. The third kappa shape index (κ3) is 8.91. The second kappa shape index (κ2) is 16.1. The maximum absolute atomic E-state index is 12.9. The van der Waals surface area contributed by atoms with E-state index >= 15 is 0 Å². The van der Waals surface area contributed by atoms with Gasteiger partial charge in [0.05, 0.1) is 17.4 Å². The number of carbonyl (C=O) groups is 4. The maximum Gasteiger partial charge on any atom is 0.421 e. The maximum atomic E-state index is 12.9. The Morgan fingerprint density at radius 3 is 1.84 bits per heavy atom. The zero-order chi connectivity index (χ0) is 37.9. The van der Waals surface area contributed by atoms with Crippen LogP contribution in [0, 0.1) is 11.8 Å². The number of aromatic nitrogens is 2. The lowest BCUT2D eigenvalue weighted by molar-refractivity contribution is 0.0963. The predicted octanol–water partition coefficient (Wildman–Crippen LogP) is 8.15. The van der Waals surface area contributed by atoms with Crippen molar-refractivity contribution < 1.29 is 28.7 Å². The molecule has 4 aromatic rings. The van der Waals surface area contributed by atoms with Gasteiger partial charge in [0.25, 0.3) is 0 Å². The van der Waals surface area contributed by atoms with Crippen LogP contribution in [0.2, 0.25) is 0 Å². The Kier molecular flexibility index (Phi) is 10.7. The third-order valence-electron chi connectivity index (χ3n) is 10.7. The minimum Gasteiger partial charge on any atom is -0.415 e. The normalized spacial score (nSPS) is 19.7. The first-order chi connectivity index (χ1) is 26.8. The van der Waals surface area contributed by atoms with E-state index in [0.29, 0.717) is 59.4 Å². The molecule has 2 aromatic heterocycles. The summed E-state index contributed by atoms with van der Waals surface area (Å²) in [5, 5.41) is 3.45. The van der Waals surface area contributed by atoms with E-state index in [0.717, 1.165) is 62.6 Å². The molecule has 2 aromatic carbocycles. The average molecular weight is 763 g/mol. The van der Waals surface area contributed by atoms with Crippen LogP contribution in [0.25, 0.3) is 0 Å². The van der Waals surface area contributed by atoms with E-state index in [1.807, 2.05) is 36.4 Å². The van der Waals surface area contributed by atoms with E-state index in [-0.39, 0.29) is 17.6 Å². The number of carbonyl (C=O) groups excluding carboxylic acids is 4. The molecule has 284 valence electrons. The smallest absolute Gasteiger partial charge is 0.415 e. The first-order valence-corrected chi connectivity index (χ1v) is 19.5. The van der Waals surface area contributed by atoms with Crippen LogP contribution in [0.5, 0.6) is 11.5 Å². The lowest BCUT2D eigenvalue weighted by atomic mass is 10.1. The summed E-state index contributed by atoms with van der Waals surface area (Å²) in [6.45, 7) is 3.82. The first-order valence-electron chi connectivity index (χ1n) is 19.1. The van der Waals surface area contributed by atoms with Crippen molar-refractivity contribution in [3.63, 3.8) is 0 Å². The van der Waals surface area contributed by atoms with Crippen LogP contribution in [-0.2, 0) is 0 Å².